The Morgan fingerprint density at radius 3 is 2.45 bits per heavy atom. The standard InChI is InChI=1S/C17H20N2S/c1-11(2)9-14-5-7-15(8-6-14)16-10-19-12(3)13(4)20-17(19)18-16/h5-8,10-11H,9H2,1-4H3. The molecule has 3 heteroatoms. The first-order valence-corrected chi connectivity index (χ1v) is 7.90. The van der Waals surface area contributed by atoms with E-state index in [-0.39, 0.29) is 0 Å². The zero-order chi connectivity index (χ0) is 14.3. The summed E-state index contributed by atoms with van der Waals surface area (Å²) in [6, 6.07) is 8.82. The van der Waals surface area contributed by atoms with Crippen molar-refractivity contribution in [2.24, 2.45) is 5.92 Å². The van der Waals surface area contributed by atoms with Crippen LogP contribution >= 0.6 is 11.3 Å². The largest absolute Gasteiger partial charge is 0.294 e. The Bertz CT molecular complexity index is 732. The molecule has 0 aliphatic rings. The zero-order valence-electron chi connectivity index (χ0n) is 12.5. The molecule has 20 heavy (non-hydrogen) atoms. The molecule has 3 aromatic rings. The third kappa shape index (κ3) is 2.38. The van der Waals surface area contributed by atoms with Crippen LogP contribution in [0.25, 0.3) is 16.2 Å². The molecule has 104 valence electrons. The Morgan fingerprint density at radius 2 is 1.85 bits per heavy atom. The highest BCUT2D eigenvalue weighted by Crippen LogP contribution is 2.26. The number of fused-ring (bicyclic) bond motifs is 1. The quantitative estimate of drug-likeness (QED) is 0.670. The van der Waals surface area contributed by atoms with Gasteiger partial charge in [-0.15, -0.1) is 11.3 Å². The van der Waals surface area contributed by atoms with Gasteiger partial charge in [0.15, 0.2) is 4.96 Å². The number of aromatic nitrogens is 2. The Kier molecular flexibility index (Phi) is 3.38. The molecule has 3 rings (SSSR count). The fourth-order valence-corrected chi connectivity index (χ4v) is 3.43. The first-order valence-electron chi connectivity index (χ1n) is 7.09. The van der Waals surface area contributed by atoms with Crippen molar-refractivity contribution in [2.75, 3.05) is 0 Å². The fourth-order valence-electron chi connectivity index (χ4n) is 2.48. The van der Waals surface area contributed by atoms with Crippen molar-refractivity contribution in [3.8, 4) is 11.3 Å². The van der Waals surface area contributed by atoms with E-state index in [0.29, 0.717) is 5.92 Å². The van der Waals surface area contributed by atoms with Crippen LogP contribution in [0.4, 0.5) is 0 Å². The molecule has 0 saturated heterocycles. The maximum absolute atomic E-state index is 4.74. The lowest BCUT2D eigenvalue weighted by Crippen LogP contribution is -1.93. The van der Waals surface area contributed by atoms with E-state index in [9.17, 15) is 0 Å². The summed E-state index contributed by atoms with van der Waals surface area (Å²) in [5, 5.41) is 0. The predicted molar refractivity (Wildman–Crippen MR) is 86.5 cm³/mol. The molecule has 0 unspecified atom stereocenters. The molecule has 0 saturated carbocycles. The van der Waals surface area contributed by atoms with Gasteiger partial charge in [0.25, 0.3) is 0 Å². The fraction of sp³-hybridized carbons (Fsp3) is 0.353. The summed E-state index contributed by atoms with van der Waals surface area (Å²) in [5.41, 5.74) is 4.96. The molecule has 0 amide bonds. The molecule has 0 fully saturated rings. The topological polar surface area (TPSA) is 17.3 Å². The number of hydrogen-bond acceptors (Lipinski definition) is 2. The molecule has 0 spiro atoms. The molecule has 0 radical (unpaired) electrons. The summed E-state index contributed by atoms with van der Waals surface area (Å²) < 4.78 is 2.19. The van der Waals surface area contributed by atoms with Crippen molar-refractivity contribution in [3.63, 3.8) is 0 Å². The number of imidazole rings is 1. The van der Waals surface area contributed by atoms with Crippen LogP contribution in [0.2, 0.25) is 0 Å². The lowest BCUT2D eigenvalue weighted by molar-refractivity contribution is 0.647. The molecule has 2 aromatic heterocycles. The molecule has 2 heterocycles. The van der Waals surface area contributed by atoms with Crippen molar-refractivity contribution < 1.29 is 0 Å². The van der Waals surface area contributed by atoms with Crippen LogP contribution in [-0.4, -0.2) is 9.38 Å². The lowest BCUT2D eigenvalue weighted by Gasteiger charge is -2.05. The van der Waals surface area contributed by atoms with E-state index in [0.717, 1.165) is 17.1 Å². The number of aryl methyl sites for hydroxylation is 2. The Hall–Kier alpha value is -1.61. The first kappa shape index (κ1) is 13.4. The molecule has 2 nitrogen and oxygen atoms in total. The van der Waals surface area contributed by atoms with Crippen LogP contribution < -0.4 is 0 Å². The highest BCUT2D eigenvalue weighted by Gasteiger charge is 2.10. The summed E-state index contributed by atoms with van der Waals surface area (Å²) in [7, 11) is 0. The van der Waals surface area contributed by atoms with E-state index in [1.807, 2.05) is 0 Å². The highest BCUT2D eigenvalue weighted by molar-refractivity contribution is 7.17. The van der Waals surface area contributed by atoms with Crippen LogP contribution in [0.1, 0.15) is 30.0 Å². The second kappa shape index (κ2) is 5.06. The van der Waals surface area contributed by atoms with Crippen molar-refractivity contribution in [1.29, 1.82) is 0 Å². The van der Waals surface area contributed by atoms with Crippen LogP contribution in [0, 0.1) is 19.8 Å². The van der Waals surface area contributed by atoms with Gasteiger partial charge in [0.1, 0.15) is 0 Å². The van der Waals surface area contributed by atoms with Crippen molar-refractivity contribution in [3.05, 3.63) is 46.6 Å². The third-order valence-corrected chi connectivity index (χ3v) is 4.75. The molecular formula is C17H20N2S. The van der Waals surface area contributed by atoms with Crippen molar-refractivity contribution >= 4 is 16.3 Å². The molecular weight excluding hydrogens is 264 g/mol. The number of nitrogens with zero attached hydrogens (tertiary/aromatic N) is 2. The lowest BCUT2D eigenvalue weighted by atomic mass is 10.0. The number of hydrogen-bond donors (Lipinski definition) is 0. The molecule has 1 aromatic carbocycles. The van der Waals surface area contributed by atoms with Crippen molar-refractivity contribution in [1.82, 2.24) is 9.38 Å². The van der Waals surface area contributed by atoms with Gasteiger partial charge in [-0.05, 0) is 31.7 Å². The van der Waals surface area contributed by atoms with Gasteiger partial charge in [-0.3, -0.25) is 4.40 Å². The van der Waals surface area contributed by atoms with Crippen molar-refractivity contribution in [2.45, 2.75) is 34.1 Å². The van der Waals surface area contributed by atoms with Crippen LogP contribution in [0.3, 0.4) is 0 Å². The van der Waals surface area contributed by atoms with Gasteiger partial charge in [0.2, 0.25) is 0 Å². The number of rotatable bonds is 3. The normalized spacial score (nSPS) is 11.7. The first-order chi connectivity index (χ1) is 9.54. The van der Waals surface area contributed by atoms with Gasteiger partial charge in [-0.25, -0.2) is 4.98 Å². The molecule has 0 N–H and O–H groups in total. The maximum atomic E-state index is 4.74. The minimum Gasteiger partial charge on any atom is -0.294 e. The van der Waals surface area contributed by atoms with E-state index in [4.69, 9.17) is 4.98 Å². The second-order valence-corrected chi connectivity index (χ2v) is 7.00. The van der Waals surface area contributed by atoms with Gasteiger partial charge in [0.05, 0.1) is 5.69 Å². The summed E-state index contributed by atoms with van der Waals surface area (Å²) in [6.07, 6.45) is 3.28. The van der Waals surface area contributed by atoms with E-state index < -0.39 is 0 Å². The summed E-state index contributed by atoms with van der Waals surface area (Å²) in [5.74, 6) is 0.699. The van der Waals surface area contributed by atoms with Gasteiger partial charge >= 0.3 is 0 Å². The van der Waals surface area contributed by atoms with E-state index in [1.54, 1.807) is 11.3 Å². The third-order valence-electron chi connectivity index (χ3n) is 3.68. The van der Waals surface area contributed by atoms with Crippen LogP contribution in [-0.2, 0) is 6.42 Å². The van der Waals surface area contributed by atoms with Gasteiger partial charge in [0, 0.05) is 22.3 Å². The van der Waals surface area contributed by atoms with Crippen LogP contribution in [0.15, 0.2) is 30.5 Å². The number of benzene rings is 1. The molecule has 0 bridgehead atoms. The average Bonchev–Trinajstić information content (AvgIpc) is 2.91. The van der Waals surface area contributed by atoms with Gasteiger partial charge < -0.3 is 0 Å². The molecule has 0 aliphatic carbocycles. The van der Waals surface area contributed by atoms with Gasteiger partial charge in [-0.1, -0.05) is 38.1 Å². The predicted octanol–water partition coefficient (Wildman–Crippen LogP) is 4.88. The average molecular weight is 284 g/mol. The second-order valence-electron chi connectivity index (χ2n) is 5.82. The Labute approximate surface area is 124 Å². The zero-order valence-corrected chi connectivity index (χ0v) is 13.3. The molecule has 0 atom stereocenters. The highest BCUT2D eigenvalue weighted by atomic mass is 32.1. The van der Waals surface area contributed by atoms with E-state index in [1.165, 1.54) is 21.7 Å². The number of thiazole rings is 1. The Balaban J connectivity index is 1.94. The SMILES string of the molecule is Cc1sc2nc(-c3ccc(CC(C)C)cc3)cn2c1C. The monoisotopic (exact) mass is 284 g/mol. The molecule has 0 aliphatic heterocycles. The summed E-state index contributed by atoms with van der Waals surface area (Å²) in [4.78, 5) is 7.16. The van der Waals surface area contributed by atoms with Gasteiger partial charge in [-0.2, -0.15) is 0 Å². The minimum atomic E-state index is 0.699. The smallest absolute Gasteiger partial charge is 0.194 e. The minimum absolute atomic E-state index is 0.699. The summed E-state index contributed by atoms with van der Waals surface area (Å²) in [6.45, 7) is 8.80. The Morgan fingerprint density at radius 1 is 1.15 bits per heavy atom. The van der Waals surface area contributed by atoms with E-state index >= 15 is 0 Å². The van der Waals surface area contributed by atoms with E-state index in [2.05, 4.69) is 62.6 Å². The maximum Gasteiger partial charge on any atom is 0.194 e. The van der Waals surface area contributed by atoms with Crippen LogP contribution in [0.5, 0.6) is 0 Å². The summed E-state index contributed by atoms with van der Waals surface area (Å²) >= 11 is 1.76.